The van der Waals surface area contributed by atoms with Crippen molar-refractivity contribution in [2.24, 2.45) is 5.73 Å². The predicted octanol–water partition coefficient (Wildman–Crippen LogP) is 1.42. The summed E-state index contributed by atoms with van der Waals surface area (Å²) in [5, 5.41) is 0. The van der Waals surface area contributed by atoms with Crippen LogP contribution in [0.4, 0.5) is 0 Å². The lowest BCUT2D eigenvalue weighted by Crippen LogP contribution is -2.53. The van der Waals surface area contributed by atoms with Gasteiger partial charge in [-0.1, -0.05) is 6.07 Å². The molecule has 2 N–H and O–H groups in total. The number of rotatable bonds is 3. The van der Waals surface area contributed by atoms with E-state index in [2.05, 4.69) is 4.90 Å². The van der Waals surface area contributed by atoms with Crippen molar-refractivity contribution in [1.82, 2.24) is 4.90 Å². The molecule has 2 aliphatic heterocycles. The first kappa shape index (κ1) is 12.8. The molecule has 0 aliphatic carbocycles. The van der Waals surface area contributed by atoms with E-state index in [0.717, 1.165) is 37.6 Å². The number of ether oxygens (including phenoxy) is 2. The topological polar surface area (TPSA) is 47.7 Å². The fraction of sp³-hybridized carbons (Fsp3) is 0.600. The molecule has 3 rings (SSSR count). The minimum atomic E-state index is 0.126. The predicted molar refractivity (Wildman–Crippen MR) is 74.8 cm³/mol. The first-order chi connectivity index (χ1) is 9.29. The molecule has 0 bridgehead atoms. The lowest BCUT2D eigenvalue weighted by Gasteiger charge is -2.42. The molecule has 2 heterocycles. The zero-order chi connectivity index (χ0) is 13.3. The Balaban J connectivity index is 1.92. The zero-order valence-electron chi connectivity index (χ0n) is 11.5. The second-order valence-electron chi connectivity index (χ2n) is 5.51. The van der Waals surface area contributed by atoms with Crippen molar-refractivity contribution >= 4 is 0 Å². The van der Waals surface area contributed by atoms with Crippen LogP contribution in [0.1, 0.15) is 18.4 Å². The van der Waals surface area contributed by atoms with E-state index in [1.54, 1.807) is 7.11 Å². The van der Waals surface area contributed by atoms with Crippen LogP contribution in [0, 0.1) is 0 Å². The average molecular weight is 262 g/mol. The lowest BCUT2D eigenvalue weighted by atomic mass is 9.86. The third kappa shape index (κ3) is 2.09. The van der Waals surface area contributed by atoms with Crippen LogP contribution < -0.4 is 15.2 Å². The molecule has 1 aromatic rings. The largest absolute Gasteiger partial charge is 0.496 e. The number of methoxy groups -OCH3 is 1. The highest BCUT2D eigenvalue weighted by Crippen LogP contribution is 2.42. The Kier molecular flexibility index (Phi) is 3.37. The SMILES string of the molecule is COc1cccc2c1CC1(CCCN1CCN)CO2. The van der Waals surface area contributed by atoms with Gasteiger partial charge in [0.15, 0.2) is 0 Å². The van der Waals surface area contributed by atoms with Crippen molar-refractivity contribution in [3.63, 3.8) is 0 Å². The van der Waals surface area contributed by atoms with Gasteiger partial charge in [0.05, 0.1) is 12.6 Å². The van der Waals surface area contributed by atoms with E-state index in [1.165, 1.54) is 18.4 Å². The van der Waals surface area contributed by atoms with E-state index in [4.69, 9.17) is 15.2 Å². The molecular formula is C15H22N2O2. The number of nitrogens with zero attached hydrogens (tertiary/aromatic N) is 1. The summed E-state index contributed by atoms with van der Waals surface area (Å²) in [6.07, 6.45) is 3.42. The van der Waals surface area contributed by atoms with Gasteiger partial charge in [-0.3, -0.25) is 4.90 Å². The lowest BCUT2D eigenvalue weighted by molar-refractivity contribution is 0.0617. The maximum atomic E-state index is 6.02. The van der Waals surface area contributed by atoms with E-state index in [-0.39, 0.29) is 5.54 Å². The van der Waals surface area contributed by atoms with E-state index in [9.17, 15) is 0 Å². The number of likely N-dealkylation sites (tertiary alicyclic amines) is 1. The number of nitrogens with two attached hydrogens (primary N) is 1. The van der Waals surface area contributed by atoms with E-state index in [1.807, 2.05) is 18.2 Å². The minimum absolute atomic E-state index is 0.126. The minimum Gasteiger partial charge on any atom is -0.496 e. The van der Waals surface area contributed by atoms with Crippen LogP contribution in [0.2, 0.25) is 0 Å². The zero-order valence-corrected chi connectivity index (χ0v) is 11.5. The summed E-state index contributed by atoms with van der Waals surface area (Å²) in [6.45, 7) is 3.56. The third-order valence-electron chi connectivity index (χ3n) is 4.45. The van der Waals surface area contributed by atoms with Gasteiger partial charge in [0.1, 0.15) is 18.1 Å². The van der Waals surface area contributed by atoms with Crippen LogP contribution in [0.15, 0.2) is 18.2 Å². The molecule has 0 aromatic heterocycles. The van der Waals surface area contributed by atoms with Crippen molar-refractivity contribution in [2.75, 3.05) is 33.4 Å². The standard InChI is InChI=1S/C15H22N2O2/c1-18-13-4-2-5-14-12(13)10-15(11-19-14)6-3-8-17(15)9-7-16/h2,4-5H,3,6-11,16H2,1H3. The molecule has 1 atom stereocenters. The molecule has 0 amide bonds. The summed E-state index contributed by atoms with van der Waals surface area (Å²) in [7, 11) is 1.73. The second kappa shape index (κ2) is 5.02. The highest BCUT2D eigenvalue weighted by molar-refractivity contribution is 5.47. The molecule has 1 fully saturated rings. The molecule has 4 nitrogen and oxygen atoms in total. The summed E-state index contributed by atoms with van der Waals surface area (Å²) >= 11 is 0. The third-order valence-corrected chi connectivity index (χ3v) is 4.45. The Morgan fingerprint density at radius 2 is 2.37 bits per heavy atom. The molecule has 0 radical (unpaired) electrons. The summed E-state index contributed by atoms with van der Waals surface area (Å²) in [5.74, 6) is 1.92. The number of hydrogen-bond donors (Lipinski definition) is 1. The highest BCUT2D eigenvalue weighted by atomic mass is 16.5. The van der Waals surface area contributed by atoms with Gasteiger partial charge in [-0.05, 0) is 31.5 Å². The van der Waals surface area contributed by atoms with Gasteiger partial charge in [-0.25, -0.2) is 0 Å². The van der Waals surface area contributed by atoms with Crippen LogP contribution in [0.25, 0.3) is 0 Å². The summed E-state index contributed by atoms with van der Waals surface area (Å²) in [4.78, 5) is 2.50. The van der Waals surface area contributed by atoms with Gasteiger partial charge in [0.2, 0.25) is 0 Å². The molecule has 1 spiro atoms. The van der Waals surface area contributed by atoms with E-state index in [0.29, 0.717) is 6.54 Å². The van der Waals surface area contributed by atoms with Gasteiger partial charge < -0.3 is 15.2 Å². The van der Waals surface area contributed by atoms with Crippen molar-refractivity contribution in [2.45, 2.75) is 24.8 Å². The Labute approximate surface area is 114 Å². The van der Waals surface area contributed by atoms with Crippen molar-refractivity contribution in [3.05, 3.63) is 23.8 Å². The Hall–Kier alpha value is -1.26. The average Bonchev–Trinajstić information content (AvgIpc) is 2.81. The highest BCUT2D eigenvalue weighted by Gasteiger charge is 2.44. The molecule has 2 aliphatic rings. The summed E-state index contributed by atoms with van der Waals surface area (Å²) in [6, 6.07) is 6.04. The maximum Gasteiger partial charge on any atom is 0.126 e. The van der Waals surface area contributed by atoms with Crippen LogP contribution in [-0.4, -0.2) is 43.8 Å². The fourth-order valence-corrected chi connectivity index (χ4v) is 3.50. The van der Waals surface area contributed by atoms with E-state index >= 15 is 0 Å². The van der Waals surface area contributed by atoms with Crippen molar-refractivity contribution in [1.29, 1.82) is 0 Å². The molecule has 104 valence electrons. The van der Waals surface area contributed by atoms with Gasteiger partial charge in [-0.2, -0.15) is 0 Å². The number of hydrogen-bond acceptors (Lipinski definition) is 4. The first-order valence-electron chi connectivity index (χ1n) is 7.03. The van der Waals surface area contributed by atoms with Gasteiger partial charge >= 0.3 is 0 Å². The second-order valence-corrected chi connectivity index (χ2v) is 5.51. The summed E-state index contributed by atoms with van der Waals surface area (Å²) in [5.41, 5.74) is 7.08. The fourth-order valence-electron chi connectivity index (χ4n) is 3.50. The maximum absolute atomic E-state index is 6.02. The van der Waals surface area contributed by atoms with Crippen molar-refractivity contribution < 1.29 is 9.47 Å². The normalized spacial score (nSPS) is 26.2. The van der Waals surface area contributed by atoms with Crippen LogP contribution >= 0.6 is 0 Å². The van der Waals surface area contributed by atoms with Crippen molar-refractivity contribution in [3.8, 4) is 11.5 Å². The summed E-state index contributed by atoms with van der Waals surface area (Å²) < 4.78 is 11.5. The smallest absolute Gasteiger partial charge is 0.126 e. The molecular weight excluding hydrogens is 240 g/mol. The van der Waals surface area contributed by atoms with E-state index < -0.39 is 0 Å². The Bertz CT molecular complexity index is 449. The quantitative estimate of drug-likeness (QED) is 0.895. The number of fused-ring (bicyclic) bond motifs is 1. The van der Waals surface area contributed by atoms with Crippen LogP contribution in [0.3, 0.4) is 0 Å². The molecule has 19 heavy (non-hydrogen) atoms. The monoisotopic (exact) mass is 262 g/mol. The number of benzene rings is 1. The Morgan fingerprint density at radius 1 is 1.47 bits per heavy atom. The molecule has 4 heteroatoms. The van der Waals surface area contributed by atoms with Gasteiger partial charge in [0, 0.05) is 25.1 Å². The Morgan fingerprint density at radius 3 is 3.16 bits per heavy atom. The molecule has 1 aromatic carbocycles. The molecule has 1 saturated heterocycles. The first-order valence-corrected chi connectivity index (χ1v) is 7.03. The van der Waals surface area contributed by atoms with Crippen LogP contribution in [0.5, 0.6) is 11.5 Å². The van der Waals surface area contributed by atoms with Gasteiger partial charge in [-0.15, -0.1) is 0 Å². The van der Waals surface area contributed by atoms with Gasteiger partial charge in [0.25, 0.3) is 0 Å². The van der Waals surface area contributed by atoms with Crippen LogP contribution in [-0.2, 0) is 6.42 Å². The molecule has 0 saturated carbocycles. The molecule has 1 unspecified atom stereocenters.